The summed E-state index contributed by atoms with van der Waals surface area (Å²) in [7, 11) is 0. The molecule has 6 heteroatoms. The van der Waals surface area contributed by atoms with Crippen molar-refractivity contribution in [3.8, 4) is 0 Å². The van der Waals surface area contributed by atoms with Crippen LogP contribution in [0, 0.1) is 0 Å². The highest BCUT2D eigenvalue weighted by molar-refractivity contribution is 6.34. The molecular formula is C5H2Cl2N4. The van der Waals surface area contributed by atoms with Crippen molar-refractivity contribution in [2.24, 2.45) is 0 Å². The van der Waals surface area contributed by atoms with Gasteiger partial charge in [0.1, 0.15) is 11.8 Å². The molecule has 0 fully saturated rings. The second-order valence-corrected chi connectivity index (χ2v) is 2.61. The first kappa shape index (κ1) is 6.82. The van der Waals surface area contributed by atoms with Crippen molar-refractivity contribution in [3.05, 3.63) is 16.8 Å². The predicted octanol–water partition coefficient (Wildman–Crippen LogP) is 1.66. The van der Waals surface area contributed by atoms with Crippen LogP contribution < -0.4 is 0 Å². The quantitative estimate of drug-likeness (QED) is 0.506. The molecule has 1 N–H and O–H groups in total. The van der Waals surface area contributed by atoms with Crippen molar-refractivity contribution < 1.29 is 0 Å². The van der Waals surface area contributed by atoms with E-state index in [9.17, 15) is 0 Å². The first-order valence-electron chi connectivity index (χ1n) is 2.79. The zero-order valence-electron chi connectivity index (χ0n) is 5.17. The van der Waals surface area contributed by atoms with Gasteiger partial charge in [0.2, 0.25) is 5.28 Å². The lowest BCUT2D eigenvalue weighted by molar-refractivity contribution is 1.20. The third-order valence-corrected chi connectivity index (χ3v) is 1.66. The topological polar surface area (TPSA) is 54.5 Å². The van der Waals surface area contributed by atoms with Crippen LogP contribution in [-0.2, 0) is 0 Å². The molecule has 0 saturated heterocycles. The summed E-state index contributed by atoms with van der Waals surface area (Å²) in [5, 5.41) is 0.570. The fourth-order valence-corrected chi connectivity index (χ4v) is 1.12. The smallest absolute Gasteiger partial charge is 0.202 e. The molecule has 0 radical (unpaired) electrons. The number of rotatable bonds is 0. The van der Waals surface area contributed by atoms with Gasteiger partial charge in [0.15, 0.2) is 10.8 Å². The number of nitrogens with one attached hydrogen (secondary N) is 1. The molecule has 0 aliphatic heterocycles. The number of hydrogen-bond acceptors (Lipinski definition) is 3. The van der Waals surface area contributed by atoms with Gasteiger partial charge >= 0.3 is 0 Å². The maximum Gasteiger partial charge on any atom is 0.202 e. The summed E-state index contributed by atoms with van der Waals surface area (Å²) in [6, 6.07) is 0. The Kier molecular flexibility index (Phi) is 1.44. The van der Waals surface area contributed by atoms with Gasteiger partial charge in [0, 0.05) is 0 Å². The zero-order chi connectivity index (χ0) is 7.84. The number of hydrogen-bond donors (Lipinski definition) is 1. The van der Waals surface area contributed by atoms with Gasteiger partial charge < -0.3 is 4.98 Å². The zero-order valence-corrected chi connectivity index (χ0v) is 6.69. The summed E-state index contributed by atoms with van der Waals surface area (Å²) in [4.78, 5) is 14.2. The van der Waals surface area contributed by atoms with Gasteiger partial charge in [-0.15, -0.1) is 0 Å². The fraction of sp³-hybridized carbons (Fsp3) is 0. The van der Waals surface area contributed by atoms with Gasteiger partial charge in [-0.1, -0.05) is 11.6 Å². The molecule has 2 heterocycles. The molecule has 0 bridgehead atoms. The fourth-order valence-electron chi connectivity index (χ4n) is 0.772. The number of H-pyrrole nitrogens is 1. The second kappa shape index (κ2) is 2.32. The SMILES string of the molecule is Clc1nc2c(Cl)ncnc2[nH]1. The Morgan fingerprint density at radius 3 is 2.82 bits per heavy atom. The average Bonchev–Trinajstić information content (AvgIpc) is 2.31. The van der Waals surface area contributed by atoms with Crippen LogP contribution >= 0.6 is 23.2 Å². The van der Waals surface area contributed by atoms with Crippen LogP contribution in [0.3, 0.4) is 0 Å². The third-order valence-electron chi connectivity index (χ3n) is 1.21. The Hall–Kier alpha value is -0.870. The van der Waals surface area contributed by atoms with Gasteiger partial charge in [0.05, 0.1) is 0 Å². The van der Waals surface area contributed by atoms with Crippen molar-refractivity contribution in [1.29, 1.82) is 0 Å². The van der Waals surface area contributed by atoms with E-state index in [-0.39, 0.29) is 5.28 Å². The van der Waals surface area contributed by atoms with E-state index in [2.05, 4.69) is 19.9 Å². The maximum absolute atomic E-state index is 5.68. The number of aromatic nitrogens is 4. The lowest BCUT2D eigenvalue weighted by Gasteiger charge is -1.86. The highest BCUT2D eigenvalue weighted by Gasteiger charge is 2.05. The molecule has 2 rings (SSSR count). The highest BCUT2D eigenvalue weighted by Crippen LogP contribution is 2.17. The number of imidazole rings is 1. The Labute approximate surface area is 71.6 Å². The molecule has 2 aromatic heterocycles. The molecule has 2 aromatic rings. The predicted molar refractivity (Wildman–Crippen MR) is 41.7 cm³/mol. The minimum Gasteiger partial charge on any atom is -0.313 e. The molecule has 0 saturated carbocycles. The largest absolute Gasteiger partial charge is 0.313 e. The number of halogens is 2. The molecule has 4 nitrogen and oxygen atoms in total. The van der Waals surface area contributed by atoms with Crippen LogP contribution in [0.4, 0.5) is 0 Å². The van der Waals surface area contributed by atoms with E-state index < -0.39 is 0 Å². The summed E-state index contributed by atoms with van der Waals surface area (Å²) in [6.45, 7) is 0. The van der Waals surface area contributed by atoms with Gasteiger partial charge in [-0.05, 0) is 11.6 Å². The van der Waals surface area contributed by atoms with Gasteiger partial charge in [0.25, 0.3) is 0 Å². The average molecular weight is 189 g/mol. The first-order valence-corrected chi connectivity index (χ1v) is 3.54. The van der Waals surface area contributed by atoms with Crippen molar-refractivity contribution >= 4 is 34.4 Å². The highest BCUT2D eigenvalue weighted by atomic mass is 35.5. The lowest BCUT2D eigenvalue weighted by Crippen LogP contribution is -1.80. The maximum atomic E-state index is 5.68. The minimum atomic E-state index is 0.266. The van der Waals surface area contributed by atoms with E-state index in [1.165, 1.54) is 6.33 Å². The number of nitrogens with zero attached hydrogens (tertiary/aromatic N) is 3. The lowest BCUT2D eigenvalue weighted by atomic mass is 10.6. The summed E-state index contributed by atoms with van der Waals surface area (Å²) in [5.74, 6) is 0. The molecule has 11 heavy (non-hydrogen) atoms. The number of fused-ring (bicyclic) bond motifs is 1. The van der Waals surface area contributed by atoms with Crippen LogP contribution in [0.1, 0.15) is 0 Å². The number of aromatic amines is 1. The van der Waals surface area contributed by atoms with Crippen molar-refractivity contribution in [1.82, 2.24) is 19.9 Å². The molecule has 0 aliphatic rings. The standard InChI is InChI=1S/C5H2Cl2N4/c6-3-2-4(9-1-8-3)11-5(7)10-2/h1H,(H,8,9,10,11). The molecule has 0 atom stereocenters. The van der Waals surface area contributed by atoms with E-state index in [0.29, 0.717) is 16.3 Å². The van der Waals surface area contributed by atoms with Crippen LogP contribution in [0.25, 0.3) is 11.2 Å². The van der Waals surface area contributed by atoms with E-state index in [0.717, 1.165) is 0 Å². The summed E-state index contributed by atoms with van der Waals surface area (Å²) in [6.07, 6.45) is 1.35. The first-order chi connectivity index (χ1) is 5.27. The Morgan fingerprint density at radius 1 is 1.27 bits per heavy atom. The Bertz CT molecular complexity index is 396. The van der Waals surface area contributed by atoms with Crippen molar-refractivity contribution in [3.63, 3.8) is 0 Å². The molecule has 0 spiro atoms. The van der Waals surface area contributed by atoms with Crippen LogP contribution in [0.2, 0.25) is 10.4 Å². The molecule has 0 unspecified atom stereocenters. The normalized spacial score (nSPS) is 10.7. The second-order valence-electron chi connectivity index (χ2n) is 1.89. The third kappa shape index (κ3) is 1.04. The van der Waals surface area contributed by atoms with Crippen LogP contribution in [0.15, 0.2) is 6.33 Å². The van der Waals surface area contributed by atoms with E-state index in [4.69, 9.17) is 23.2 Å². The summed E-state index contributed by atoms with van der Waals surface area (Å²) >= 11 is 11.2. The molecular weight excluding hydrogens is 187 g/mol. The van der Waals surface area contributed by atoms with Crippen LogP contribution in [0.5, 0.6) is 0 Å². The van der Waals surface area contributed by atoms with E-state index >= 15 is 0 Å². The van der Waals surface area contributed by atoms with Crippen LogP contribution in [-0.4, -0.2) is 19.9 Å². The van der Waals surface area contributed by atoms with E-state index in [1.807, 2.05) is 0 Å². The Morgan fingerprint density at radius 2 is 2.09 bits per heavy atom. The monoisotopic (exact) mass is 188 g/mol. The summed E-state index contributed by atoms with van der Waals surface area (Å²) < 4.78 is 0. The summed E-state index contributed by atoms with van der Waals surface area (Å²) in [5.41, 5.74) is 1.05. The molecule has 0 aliphatic carbocycles. The molecule has 0 aromatic carbocycles. The minimum absolute atomic E-state index is 0.266. The molecule has 56 valence electrons. The van der Waals surface area contributed by atoms with Crippen molar-refractivity contribution in [2.45, 2.75) is 0 Å². The van der Waals surface area contributed by atoms with Gasteiger partial charge in [-0.2, -0.15) is 0 Å². The molecule has 0 amide bonds. The Balaban J connectivity index is 2.90. The van der Waals surface area contributed by atoms with Crippen molar-refractivity contribution in [2.75, 3.05) is 0 Å². The van der Waals surface area contributed by atoms with Gasteiger partial charge in [-0.3, -0.25) is 0 Å². The van der Waals surface area contributed by atoms with Gasteiger partial charge in [-0.25, -0.2) is 15.0 Å². The van der Waals surface area contributed by atoms with E-state index in [1.54, 1.807) is 0 Å².